The number of benzene rings is 1. The standard InChI is InChI=1S/C14H24N2O4S/c1-5-16-21(17,18)9-8-15-11(2)12-6-7-13(19-3)14(10-12)20-4/h6-7,10-11,15-16H,5,8-9H2,1-4H3. The minimum atomic E-state index is -3.19. The summed E-state index contributed by atoms with van der Waals surface area (Å²) in [6.07, 6.45) is 0. The van der Waals surface area contributed by atoms with E-state index in [9.17, 15) is 8.42 Å². The van der Waals surface area contributed by atoms with Crippen LogP contribution in [0, 0.1) is 0 Å². The van der Waals surface area contributed by atoms with Crippen LogP contribution in [0.4, 0.5) is 0 Å². The molecule has 0 spiro atoms. The second kappa shape index (κ2) is 8.21. The topological polar surface area (TPSA) is 76.7 Å². The molecule has 0 aliphatic carbocycles. The molecule has 0 aliphatic rings. The number of sulfonamides is 1. The van der Waals surface area contributed by atoms with Crippen molar-refractivity contribution in [1.29, 1.82) is 0 Å². The van der Waals surface area contributed by atoms with E-state index in [4.69, 9.17) is 9.47 Å². The van der Waals surface area contributed by atoms with Crippen LogP contribution in [0.2, 0.25) is 0 Å². The molecular weight excluding hydrogens is 292 g/mol. The first kappa shape index (κ1) is 17.7. The first-order valence-corrected chi connectivity index (χ1v) is 8.51. The summed E-state index contributed by atoms with van der Waals surface area (Å²) in [4.78, 5) is 0. The third kappa shape index (κ3) is 5.53. The lowest BCUT2D eigenvalue weighted by Crippen LogP contribution is -2.32. The minimum Gasteiger partial charge on any atom is -0.493 e. The van der Waals surface area contributed by atoms with Gasteiger partial charge in [0.2, 0.25) is 10.0 Å². The molecule has 1 aromatic rings. The Hall–Kier alpha value is -1.31. The average Bonchev–Trinajstić information content (AvgIpc) is 2.46. The van der Waals surface area contributed by atoms with Gasteiger partial charge in [0.25, 0.3) is 0 Å². The molecule has 0 radical (unpaired) electrons. The summed E-state index contributed by atoms with van der Waals surface area (Å²) in [7, 11) is -0.0161. The van der Waals surface area contributed by atoms with Gasteiger partial charge in [-0.25, -0.2) is 13.1 Å². The van der Waals surface area contributed by atoms with E-state index in [2.05, 4.69) is 10.0 Å². The molecule has 0 fully saturated rings. The van der Waals surface area contributed by atoms with Gasteiger partial charge in [0.15, 0.2) is 11.5 Å². The molecule has 1 atom stereocenters. The van der Waals surface area contributed by atoms with Crippen molar-refractivity contribution in [1.82, 2.24) is 10.0 Å². The Morgan fingerprint density at radius 1 is 1.19 bits per heavy atom. The van der Waals surface area contributed by atoms with Gasteiger partial charge in [-0.1, -0.05) is 13.0 Å². The number of nitrogens with one attached hydrogen (secondary N) is 2. The number of ether oxygens (including phenoxy) is 2. The second-order valence-electron chi connectivity index (χ2n) is 4.61. The van der Waals surface area contributed by atoms with Gasteiger partial charge in [0.1, 0.15) is 0 Å². The largest absolute Gasteiger partial charge is 0.493 e. The summed E-state index contributed by atoms with van der Waals surface area (Å²) in [5.74, 6) is 1.38. The minimum absolute atomic E-state index is 0.0154. The predicted octanol–water partition coefficient (Wildman–Crippen LogP) is 1.29. The summed E-state index contributed by atoms with van der Waals surface area (Å²) in [6.45, 7) is 4.52. The Bertz CT molecular complexity index is 546. The van der Waals surface area contributed by atoms with Crippen molar-refractivity contribution in [2.24, 2.45) is 0 Å². The highest BCUT2D eigenvalue weighted by molar-refractivity contribution is 7.89. The molecule has 0 aliphatic heterocycles. The van der Waals surface area contributed by atoms with Gasteiger partial charge in [0.05, 0.1) is 20.0 Å². The van der Waals surface area contributed by atoms with E-state index >= 15 is 0 Å². The van der Waals surface area contributed by atoms with Crippen molar-refractivity contribution in [3.05, 3.63) is 23.8 Å². The fourth-order valence-corrected chi connectivity index (χ4v) is 2.91. The van der Waals surface area contributed by atoms with Crippen LogP contribution in [-0.4, -0.2) is 41.5 Å². The van der Waals surface area contributed by atoms with Gasteiger partial charge < -0.3 is 14.8 Å². The van der Waals surface area contributed by atoms with Crippen molar-refractivity contribution in [2.75, 3.05) is 33.1 Å². The summed E-state index contributed by atoms with van der Waals surface area (Å²) >= 11 is 0. The lowest BCUT2D eigenvalue weighted by Gasteiger charge is -2.16. The highest BCUT2D eigenvalue weighted by Gasteiger charge is 2.12. The molecule has 1 rings (SSSR count). The molecule has 6 nitrogen and oxygen atoms in total. The van der Waals surface area contributed by atoms with Crippen molar-refractivity contribution in [3.8, 4) is 11.5 Å². The van der Waals surface area contributed by atoms with Crippen LogP contribution in [0.5, 0.6) is 11.5 Å². The van der Waals surface area contributed by atoms with Gasteiger partial charge in [-0.2, -0.15) is 0 Å². The molecule has 2 N–H and O–H groups in total. The van der Waals surface area contributed by atoms with Gasteiger partial charge in [0, 0.05) is 19.1 Å². The molecule has 120 valence electrons. The zero-order valence-electron chi connectivity index (χ0n) is 13.0. The van der Waals surface area contributed by atoms with Gasteiger partial charge in [-0.3, -0.25) is 0 Å². The highest BCUT2D eigenvalue weighted by Crippen LogP contribution is 2.29. The Morgan fingerprint density at radius 3 is 2.43 bits per heavy atom. The molecule has 21 heavy (non-hydrogen) atoms. The molecule has 7 heteroatoms. The summed E-state index contributed by atoms with van der Waals surface area (Å²) < 4.78 is 36.0. The maximum atomic E-state index is 11.5. The number of hydrogen-bond donors (Lipinski definition) is 2. The van der Waals surface area contributed by atoms with E-state index in [1.165, 1.54) is 0 Å². The predicted molar refractivity (Wildman–Crippen MR) is 83.4 cm³/mol. The van der Waals surface area contributed by atoms with Crippen molar-refractivity contribution in [3.63, 3.8) is 0 Å². The van der Waals surface area contributed by atoms with Crippen LogP contribution in [0.25, 0.3) is 0 Å². The Morgan fingerprint density at radius 2 is 1.86 bits per heavy atom. The average molecular weight is 316 g/mol. The molecular formula is C14H24N2O4S. The smallest absolute Gasteiger partial charge is 0.212 e. The van der Waals surface area contributed by atoms with Crippen LogP contribution < -0.4 is 19.5 Å². The van der Waals surface area contributed by atoms with Crippen LogP contribution in [0.15, 0.2) is 18.2 Å². The first-order chi connectivity index (χ1) is 9.93. The van der Waals surface area contributed by atoms with Crippen LogP contribution >= 0.6 is 0 Å². The Labute approximate surface area is 126 Å². The van der Waals surface area contributed by atoms with Crippen molar-refractivity contribution in [2.45, 2.75) is 19.9 Å². The molecule has 0 saturated heterocycles. The lowest BCUT2D eigenvalue weighted by atomic mass is 10.1. The Kier molecular flexibility index (Phi) is 6.94. The van der Waals surface area contributed by atoms with E-state index in [0.717, 1.165) is 5.56 Å². The Balaban J connectivity index is 2.62. The van der Waals surface area contributed by atoms with E-state index < -0.39 is 10.0 Å². The number of methoxy groups -OCH3 is 2. The van der Waals surface area contributed by atoms with E-state index in [-0.39, 0.29) is 11.8 Å². The highest BCUT2D eigenvalue weighted by atomic mass is 32.2. The van der Waals surface area contributed by atoms with Gasteiger partial charge in [-0.05, 0) is 24.6 Å². The fraction of sp³-hybridized carbons (Fsp3) is 0.571. The quantitative estimate of drug-likeness (QED) is 0.718. The molecule has 0 bridgehead atoms. The number of hydrogen-bond acceptors (Lipinski definition) is 5. The summed E-state index contributed by atoms with van der Waals surface area (Å²) in [5.41, 5.74) is 1.01. The summed E-state index contributed by atoms with van der Waals surface area (Å²) in [5, 5.41) is 3.19. The first-order valence-electron chi connectivity index (χ1n) is 6.86. The van der Waals surface area contributed by atoms with Crippen LogP contribution in [0.3, 0.4) is 0 Å². The summed E-state index contributed by atoms with van der Waals surface area (Å²) in [6, 6.07) is 5.66. The van der Waals surface area contributed by atoms with Gasteiger partial charge in [-0.15, -0.1) is 0 Å². The van der Waals surface area contributed by atoms with Crippen molar-refractivity contribution >= 4 is 10.0 Å². The molecule has 0 saturated carbocycles. The van der Waals surface area contributed by atoms with Gasteiger partial charge >= 0.3 is 0 Å². The molecule has 0 aromatic heterocycles. The third-order valence-electron chi connectivity index (χ3n) is 3.09. The van der Waals surface area contributed by atoms with E-state index in [0.29, 0.717) is 24.6 Å². The maximum absolute atomic E-state index is 11.5. The number of rotatable bonds is 9. The lowest BCUT2D eigenvalue weighted by molar-refractivity contribution is 0.354. The van der Waals surface area contributed by atoms with E-state index in [1.54, 1.807) is 21.1 Å². The van der Waals surface area contributed by atoms with Crippen molar-refractivity contribution < 1.29 is 17.9 Å². The molecule has 1 aromatic carbocycles. The molecule has 0 amide bonds. The zero-order valence-corrected chi connectivity index (χ0v) is 13.8. The monoisotopic (exact) mass is 316 g/mol. The van der Waals surface area contributed by atoms with E-state index in [1.807, 2.05) is 25.1 Å². The second-order valence-corrected chi connectivity index (χ2v) is 6.53. The SMILES string of the molecule is CCNS(=O)(=O)CCNC(C)c1ccc(OC)c(OC)c1. The maximum Gasteiger partial charge on any atom is 0.212 e. The third-order valence-corrected chi connectivity index (χ3v) is 4.56. The zero-order chi connectivity index (χ0) is 15.9. The molecule has 0 heterocycles. The van der Waals surface area contributed by atoms with Crippen LogP contribution in [-0.2, 0) is 10.0 Å². The fourth-order valence-electron chi connectivity index (χ4n) is 1.94. The van der Waals surface area contributed by atoms with Crippen LogP contribution in [0.1, 0.15) is 25.5 Å². The molecule has 1 unspecified atom stereocenters. The normalized spacial score (nSPS) is 13.0.